The number of hydrogen-bond donors (Lipinski definition) is 2. The molecule has 1 aliphatic carbocycles. The van der Waals surface area contributed by atoms with Gasteiger partial charge in [0.05, 0.1) is 6.10 Å². The van der Waals surface area contributed by atoms with Crippen LogP contribution in [0.1, 0.15) is 56.3 Å². The van der Waals surface area contributed by atoms with E-state index in [1.54, 1.807) is 7.05 Å². The van der Waals surface area contributed by atoms with Gasteiger partial charge in [-0.25, -0.2) is 0 Å². The van der Waals surface area contributed by atoms with Crippen molar-refractivity contribution in [2.24, 2.45) is 4.99 Å². The van der Waals surface area contributed by atoms with Crippen LogP contribution in [0.5, 0.6) is 0 Å². The Bertz CT molecular complexity index is 676. The van der Waals surface area contributed by atoms with Gasteiger partial charge >= 0.3 is 0 Å². The molecule has 2 atom stereocenters. The molecular weight excluding hydrogens is 352 g/mol. The number of benzene rings is 1. The molecule has 1 aromatic carbocycles. The van der Waals surface area contributed by atoms with Gasteiger partial charge in [-0.15, -0.1) is 0 Å². The second kappa shape index (κ2) is 10.5. The van der Waals surface area contributed by atoms with Gasteiger partial charge in [-0.1, -0.05) is 31.2 Å². The molecule has 154 valence electrons. The Labute approximate surface area is 168 Å². The van der Waals surface area contributed by atoms with Gasteiger partial charge in [0.25, 0.3) is 0 Å². The molecule has 1 saturated heterocycles. The quantitative estimate of drug-likeness (QED) is 0.430. The van der Waals surface area contributed by atoms with E-state index in [1.165, 1.54) is 24.0 Å². The van der Waals surface area contributed by atoms with Crippen LogP contribution in [-0.2, 0) is 16.0 Å². The highest BCUT2D eigenvalue weighted by molar-refractivity contribution is 5.80. The summed E-state index contributed by atoms with van der Waals surface area (Å²) in [6.45, 7) is 5.07. The largest absolute Gasteiger partial charge is 0.373 e. The Morgan fingerprint density at radius 1 is 1.32 bits per heavy atom. The van der Waals surface area contributed by atoms with Crippen LogP contribution in [0.25, 0.3) is 0 Å². The third kappa shape index (κ3) is 5.47. The second-order valence-corrected chi connectivity index (χ2v) is 7.63. The number of nitrogens with zero attached hydrogens (tertiary/aromatic N) is 2. The smallest absolute Gasteiger partial charge is 0.222 e. The predicted molar refractivity (Wildman–Crippen MR) is 112 cm³/mol. The molecular formula is C22H34N4O2. The van der Waals surface area contributed by atoms with Crippen molar-refractivity contribution >= 4 is 11.9 Å². The molecule has 3 rings (SSSR count). The molecule has 1 amide bonds. The molecule has 2 N–H and O–H groups in total. The molecule has 1 heterocycles. The summed E-state index contributed by atoms with van der Waals surface area (Å²) in [5.74, 6) is 1.03. The number of amides is 1. The molecule has 0 saturated carbocycles. The van der Waals surface area contributed by atoms with Gasteiger partial charge in [0.15, 0.2) is 5.96 Å². The van der Waals surface area contributed by atoms with Crippen LogP contribution in [0.3, 0.4) is 0 Å². The number of likely N-dealkylation sites (tertiary alicyclic amines) is 1. The number of carbonyl (C=O) groups excluding carboxylic acids is 1. The van der Waals surface area contributed by atoms with Crippen molar-refractivity contribution in [2.45, 2.75) is 57.6 Å². The Kier molecular flexibility index (Phi) is 7.71. The number of aryl methyl sites for hydroxylation is 1. The summed E-state index contributed by atoms with van der Waals surface area (Å²) in [4.78, 5) is 18.0. The van der Waals surface area contributed by atoms with E-state index in [9.17, 15) is 4.79 Å². The number of nitrogens with one attached hydrogen (secondary N) is 2. The lowest BCUT2D eigenvalue weighted by atomic mass is 9.89. The highest BCUT2D eigenvalue weighted by atomic mass is 16.5. The van der Waals surface area contributed by atoms with Gasteiger partial charge in [-0.2, -0.15) is 0 Å². The van der Waals surface area contributed by atoms with E-state index in [4.69, 9.17) is 4.74 Å². The normalized spacial score (nSPS) is 22.1. The highest BCUT2D eigenvalue weighted by Crippen LogP contribution is 2.32. The van der Waals surface area contributed by atoms with Crippen LogP contribution in [0.2, 0.25) is 0 Å². The molecule has 2 aliphatic rings. The van der Waals surface area contributed by atoms with Crippen LogP contribution in [0.15, 0.2) is 29.3 Å². The lowest BCUT2D eigenvalue weighted by Crippen LogP contribution is -2.45. The minimum absolute atomic E-state index is 0.230. The van der Waals surface area contributed by atoms with Gasteiger partial charge in [0, 0.05) is 45.8 Å². The Balaban J connectivity index is 1.34. The fraction of sp³-hybridized carbons (Fsp3) is 0.636. The molecule has 0 aromatic heterocycles. The second-order valence-electron chi connectivity index (χ2n) is 7.63. The Morgan fingerprint density at radius 3 is 3.00 bits per heavy atom. The van der Waals surface area contributed by atoms with Crippen LogP contribution >= 0.6 is 0 Å². The van der Waals surface area contributed by atoms with Crippen molar-refractivity contribution in [3.05, 3.63) is 35.4 Å². The van der Waals surface area contributed by atoms with Crippen molar-refractivity contribution in [1.82, 2.24) is 15.5 Å². The van der Waals surface area contributed by atoms with E-state index in [0.717, 1.165) is 51.5 Å². The number of aliphatic imine (C=N–C) groups is 1. The number of carbonyl (C=O) groups is 1. The van der Waals surface area contributed by atoms with Crippen LogP contribution < -0.4 is 10.6 Å². The molecule has 6 heteroatoms. The van der Waals surface area contributed by atoms with Crippen molar-refractivity contribution in [3.63, 3.8) is 0 Å². The SMILES string of the molecule is CCC(=O)N1CCC(NC(=NC)NCCCOC2CCCc3ccccc32)C1. The van der Waals surface area contributed by atoms with E-state index in [0.29, 0.717) is 6.42 Å². The number of fused-ring (bicyclic) bond motifs is 1. The average Bonchev–Trinajstić information content (AvgIpc) is 3.20. The van der Waals surface area contributed by atoms with Gasteiger partial charge in [0.2, 0.25) is 5.91 Å². The molecule has 1 fully saturated rings. The zero-order valence-electron chi connectivity index (χ0n) is 17.2. The minimum atomic E-state index is 0.230. The van der Waals surface area contributed by atoms with E-state index in [2.05, 4.69) is 39.9 Å². The summed E-state index contributed by atoms with van der Waals surface area (Å²) in [5, 5.41) is 6.80. The maximum atomic E-state index is 11.8. The molecule has 0 spiro atoms. The summed E-state index contributed by atoms with van der Waals surface area (Å²) < 4.78 is 6.17. The van der Waals surface area contributed by atoms with Gasteiger partial charge in [0.1, 0.15) is 0 Å². The number of ether oxygens (including phenoxy) is 1. The van der Waals surface area contributed by atoms with E-state index in [-0.39, 0.29) is 18.1 Å². The van der Waals surface area contributed by atoms with Crippen LogP contribution in [0.4, 0.5) is 0 Å². The summed E-state index contributed by atoms with van der Waals surface area (Å²) >= 11 is 0. The predicted octanol–water partition coefficient (Wildman–Crippen LogP) is 2.65. The molecule has 0 bridgehead atoms. The summed E-state index contributed by atoms with van der Waals surface area (Å²) in [5.41, 5.74) is 2.81. The third-order valence-corrected chi connectivity index (χ3v) is 5.65. The molecule has 1 aromatic rings. The Hall–Kier alpha value is -2.08. The maximum absolute atomic E-state index is 11.8. The van der Waals surface area contributed by atoms with Crippen LogP contribution in [0, 0.1) is 0 Å². The minimum Gasteiger partial charge on any atom is -0.373 e. The van der Waals surface area contributed by atoms with E-state index >= 15 is 0 Å². The van der Waals surface area contributed by atoms with Crippen molar-refractivity contribution in [3.8, 4) is 0 Å². The Morgan fingerprint density at radius 2 is 2.18 bits per heavy atom. The standard InChI is InChI=1S/C22H34N4O2/c1-3-21(27)26-14-12-18(16-26)25-22(23-2)24-13-7-15-28-20-11-6-9-17-8-4-5-10-19(17)20/h4-5,8,10,18,20H,3,6-7,9,11-16H2,1-2H3,(H2,23,24,25). The lowest BCUT2D eigenvalue weighted by molar-refractivity contribution is -0.129. The topological polar surface area (TPSA) is 66.0 Å². The molecule has 6 nitrogen and oxygen atoms in total. The first kappa shape index (κ1) is 20.6. The number of guanidine groups is 1. The van der Waals surface area contributed by atoms with Gasteiger partial charge in [-0.3, -0.25) is 9.79 Å². The van der Waals surface area contributed by atoms with Crippen molar-refractivity contribution < 1.29 is 9.53 Å². The zero-order chi connectivity index (χ0) is 19.8. The van der Waals surface area contributed by atoms with Gasteiger partial charge in [-0.05, 0) is 43.2 Å². The first-order valence-corrected chi connectivity index (χ1v) is 10.7. The highest BCUT2D eigenvalue weighted by Gasteiger charge is 2.25. The molecule has 1 aliphatic heterocycles. The molecule has 0 radical (unpaired) electrons. The van der Waals surface area contributed by atoms with E-state index in [1.807, 2.05) is 11.8 Å². The van der Waals surface area contributed by atoms with E-state index < -0.39 is 0 Å². The zero-order valence-corrected chi connectivity index (χ0v) is 17.2. The number of hydrogen-bond acceptors (Lipinski definition) is 3. The molecule has 2 unspecified atom stereocenters. The first-order chi connectivity index (χ1) is 13.7. The average molecular weight is 387 g/mol. The fourth-order valence-electron chi connectivity index (χ4n) is 4.10. The maximum Gasteiger partial charge on any atom is 0.222 e. The first-order valence-electron chi connectivity index (χ1n) is 10.7. The third-order valence-electron chi connectivity index (χ3n) is 5.65. The number of rotatable bonds is 7. The monoisotopic (exact) mass is 386 g/mol. The summed E-state index contributed by atoms with van der Waals surface area (Å²) in [6, 6.07) is 8.93. The van der Waals surface area contributed by atoms with Gasteiger partial charge < -0.3 is 20.3 Å². The van der Waals surface area contributed by atoms with Crippen LogP contribution in [-0.4, -0.2) is 56.1 Å². The summed E-state index contributed by atoms with van der Waals surface area (Å²) in [6.07, 6.45) is 6.20. The fourth-order valence-corrected chi connectivity index (χ4v) is 4.10. The summed E-state index contributed by atoms with van der Waals surface area (Å²) in [7, 11) is 1.79. The van der Waals surface area contributed by atoms with Crippen molar-refractivity contribution in [2.75, 3.05) is 33.3 Å². The lowest BCUT2D eigenvalue weighted by Gasteiger charge is -2.25. The van der Waals surface area contributed by atoms with Crippen molar-refractivity contribution in [1.29, 1.82) is 0 Å². The molecule has 28 heavy (non-hydrogen) atoms.